The third-order valence-corrected chi connectivity index (χ3v) is 9.52. The van der Waals surface area contributed by atoms with Gasteiger partial charge in [-0.25, -0.2) is 4.79 Å². The van der Waals surface area contributed by atoms with Crippen molar-refractivity contribution in [3.63, 3.8) is 0 Å². The minimum Gasteiger partial charge on any atom is -0.480 e. The molecule has 1 aromatic rings. The Morgan fingerprint density at radius 2 is 1.21 bits per heavy atom. The van der Waals surface area contributed by atoms with Crippen LogP contribution in [-0.4, -0.2) is 126 Å². The highest BCUT2D eigenvalue weighted by Gasteiger charge is 2.33. The molecular formula is C39H65N13O10. The van der Waals surface area contributed by atoms with Crippen molar-refractivity contribution in [3.05, 3.63) is 29.8 Å². The number of anilines is 1. The lowest BCUT2D eigenvalue weighted by Crippen LogP contribution is -2.59. The minimum absolute atomic E-state index is 0.0159. The molecular weight excluding hydrogens is 811 g/mol. The van der Waals surface area contributed by atoms with E-state index < -0.39 is 108 Å². The van der Waals surface area contributed by atoms with Crippen molar-refractivity contribution in [2.75, 3.05) is 25.4 Å². The molecule has 0 saturated heterocycles. The fraction of sp³-hybridized carbons (Fsp3) is 0.590. The standard InChI is InChI=1S/C39H65N13O10/c1-7-20(2)30(52-34(57)24(6)47-32(55)23(5)48-35(58)25-12-10-13-26(41)18-25)37(60)50-27(14-8-9-16-40)36(59)49-21(3)31(54)45-19-29(53)46-22(4)33(56)51-28(38(61)62)15-11-17-44-39(42)43/h10,12-13,18,20-24,27-28,30H,7-9,11,14-17,19,40-41H2,1-6H3,(H,45,54)(H,46,53)(H,47,55)(H,48,58)(H,49,59)(H,50,60)(H,51,56)(H,52,57)(H,61,62)(H4,42,43,44)/t20-,21-,22-,23-,24-,27-,28-,30-/m0/s1. The third-order valence-electron chi connectivity index (χ3n) is 9.52. The van der Waals surface area contributed by atoms with Crippen molar-refractivity contribution in [1.82, 2.24) is 42.5 Å². The van der Waals surface area contributed by atoms with Gasteiger partial charge in [0, 0.05) is 17.8 Å². The van der Waals surface area contributed by atoms with Crippen molar-refractivity contribution in [1.29, 1.82) is 0 Å². The molecule has 0 spiro atoms. The Bertz CT molecular complexity index is 1760. The normalized spacial score (nSPS) is 14.6. The van der Waals surface area contributed by atoms with Gasteiger partial charge in [0.15, 0.2) is 5.96 Å². The lowest BCUT2D eigenvalue weighted by molar-refractivity contribution is -0.142. The van der Waals surface area contributed by atoms with Crippen LogP contribution in [0.4, 0.5) is 5.69 Å². The second-order valence-corrected chi connectivity index (χ2v) is 14.9. The molecule has 1 rings (SSSR count). The highest BCUT2D eigenvalue weighted by molar-refractivity contribution is 5.99. The molecule has 23 nitrogen and oxygen atoms in total. The monoisotopic (exact) mass is 875 g/mol. The van der Waals surface area contributed by atoms with E-state index in [1.54, 1.807) is 26.0 Å². The van der Waals surface area contributed by atoms with Crippen LogP contribution in [0.2, 0.25) is 0 Å². The van der Waals surface area contributed by atoms with Crippen molar-refractivity contribution in [2.24, 2.45) is 28.1 Å². The van der Waals surface area contributed by atoms with Gasteiger partial charge >= 0.3 is 5.97 Å². The van der Waals surface area contributed by atoms with E-state index in [0.29, 0.717) is 31.5 Å². The third kappa shape index (κ3) is 19.7. The Labute approximate surface area is 360 Å². The maximum Gasteiger partial charge on any atom is 0.326 e. The first kappa shape index (κ1) is 53.5. The van der Waals surface area contributed by atoms with Crippen LogP contribution in [-0.2, 0) is 38.4 Å². The molecule has 0 heterocycles. The highest BCUT2D eigenvalue weighted by atomic mass is 16.4. The molecule has 0 aliphatic rings. The first-order chi connectivity index (χ1) is 29.1. The summed E-state index contributed by atoms with van der Waals surface area (Å²) < 4.78 is 0. The second kappa shape index (κ2) is 27.3. The fourth-order valence-corrected chi connectivity index (χ4v) is 5.55. The number of amides is 8. The van der Waals surface area contributed by atoms with Crippen LogP contribution in [0.25, 0.3) is 0 Å². The number of hydrogen-bond donors (Lipinski definition) is 13. The number of nitrogens with one attached hydrogen (secondary N) is 8. The molecule has 0 fully saturated rings. The van der Waals surface area contributed by atoms with Gasteiger partial charge in [-0.3, -0.25) is 43.3 Å². The van der Waals surface area contributed by atoms with Gasteiger partial charge in [-0.15, -0.1) is 0 Å². The molecule has 0 aliphatic heterocycles. The molecule has 0 bridgehead atoms. The molecule has 0 unspecified atom stereocenters. The van der Waals surface area contributed by atoms with Gasteiger partial charge in [0.25, 0.3) is 5.91 Å². The Balaban J connectivity index is 2.85. The molecule has 8 atom stereocenters. The average Bonchev–Trinajstić information content (AvgIpc) is 3.21. The molecule has 0 aliphatic carbocycles. The van der Waals surface area contributed by atoms with Crippen molar-refractivity contribution in [3.8, 4) is 0 Å². The molecule has 0 saturated carbocycles. The number of nitrogen functional groups attached to an aromatic ring is 1. The number of nitrogens with two attached hydrogens (primary N) is 4. The van der Waals surface area contributed by atoms with Gasteiger partial charge in [-0.2, -0.15) is 0 Å². The van der Waals surface area contributed by atoms with Gasteiger partial charge in [-0.05, 0) is 90.5 Å². The number of hydrogen-bond acceptors (Lipinski definition) is 12. The van der Waals surface area contributed by atoms with Crippen LogP contribution >= 0.6 is 0 Å². The van der Waals surface area contributed by atoms with E-state index in [9.17, 15) is 48.3 Å². The molecule has 0 aromatic heterocycles. The van der Waals surface area contributed by atoms with Gasteiger partial charge in [-0.1, -0.05) is 26.3 Å². The molecule has 1 aromatic carbocycles. The zero-order valence-electron chi connectivity index (χ0n) is 36.2. The number of unbranched alkanes of at least 4 members (excludes halogenated alkanes) is 1. The average molecular weight is 876 g/mol. The van der Waals surface area contributed by atoms with Crippen LogP contribution in [0.1, 0.15) is 90.4 Å². The lowest BCUT2D eigenvalue weighted by atomic mass is 9.97. The van der Waals surface area contributed by atoms with Crippen molar-refractivity contribution in [2.45, 2.75) is 122 Å². The lowest BCUT2D eigenvalue weighted by Gasteiger charge is -2.28. The minimum atomic E-state index is -1.30. The summed E-state index contributed by atoms with van der Waals surface area (Å²) in [7, 11) is 0. The first-order valence-electron chi connectivity index (χ1n) is 20.3. The maximum atomic E-state index is 13.7. The number of carboxylic acids is 1. The Morgan fingerprint density at radius 3 is 1.81 bits per heavy atom. The summed E-state index contributed by atoms with van der Waals surface area (Å²) in [5.74, 6) is -7.59. The second-order valence-electron chi connectivity index (χ2n) is 14.9. The quantitative estimate of drug-likeness (QED) is 0.0179. The summed E-state index contributed by atoms with van der Waals surface area (Å²) >= 11 is 0. The molecule has 346 valence electrons. The van der Waals surface area contributed by atoms with E-state index in [2.05, 4.69) is 47.5 Å². The summed E-state index contributed by atoms with van der Waals surface area (Å²) in [5, 5.41) is 29.4. The molecule has 8 amide bonds. The fourth-order valence-electron chi connectivity index (χ4n) is 5.55. The van der Waals surface area contributed by atoms with Gasteiger partial charge in [0.1, 0.15) is 42.3 Å². The van der Waals surface area contributed by atoms with Crippen LogP contribution in [0.15, 0.2) is 29.3 Å². The smallest absolute Gasteiger partial charge is 0.326 e. The number of aliphatic imine (C=N–C) groups is 1. The zero-order valence-corrected chi connectivity index (χ0v) is 36.2. The summed E-state index contributed by atoms with van der Waals surface area (Å²) in [4.78, 5) is 119. The molecule has 17 N–H and O–H groups in total. The van der Waals surface area contributed by atoms with E-state index >= 15 is 0 Å². The Kier molecular flexibility index (Phi) is 23.6. The van der Waals surface area contributed by atoms with Crippen LogP contribution in [0.3, 0.4) is 0 Å². The summed E-state index contributed by atoms with van der Waals surface area (Å²) in [6, 6.07) is -1.97. The van der Waals surface area contributed by atoms with E-state index in [0.717, 1.165) is 0 Å². The SMILES string of the molecule is CC[C@H](C)[C@H](NC(=O)[C@H](C)NC(=O)[C@H](C)NC(=O)c1cccc(N)c1)C(=O)N[C@@H](CCCCN)C(=O)N[C@@H](C)C(=O)NCC(=O)N[C@@H](C)C(=O)N[C@@H](CCCN=C(N)N)C(=O)O. The molecule has 0 radical (unpaired) electrons. The van der Waals surface area contributed by atoms with E-state index in [-0.39, 0.29) is 37.3 Å². The zero-order chi connectivity index (χ0) is 47.1. The predicted octanol–water partition coefficient (Wildman–Crippen LogP) is -3.21. The number of aliphatic carboxylic acids is 1. The van der Waals surface area contributed by atoms with Crippen LogP contribution in [0.5, 0.6) is 0 Å². The Morgan fingerprint density at radius 1 is 0.661 bits per heavy atom. The van der Waals surface area contributed by atoms with Crippen molar-refractivity contribution < 1.29 is 48.3 Å². The Hall–Kier alpha value is -6.52. The largest absolute Gasteiger partial charge is 0.480 e. The summed E-state index contributed by atoms with van der Waals surface area (Å²) in [5.41, 5.74) is 22.5. The van der Waals surface area contributed by atoms with E-state index in [1.165, 1.54) is 39.8 Å². The first-order valence-corrected chi connectivity index (χ1v) is 20.3. The number of rotatable bonds is 27. The maximum absolute atomic E-state index is 13.7. The van der Waals surface area contributed by atoms with E-state index in [4.69, 9.17) is 22.9 Å². The number of benzene rings is 1. The number of nitrogens with zero attached hydrogens (tertiary/aromatic N) is 1. The number of carbonyl (C=O) groups excluding carboxylic acids is 8. The number of carbonyl (C=O) groups is 9. The summed E-state index contributed by atoms with van der Waals surface area (Å²) in [6.07, 6.45) is 1.77. The molecule has 62 heavy (non-hydrogen) atoms. The van der Waals surface area contributed by atoms with Gasteiger partial charge < -0.3 is 70.6 Å². The highest BCUT2D eigenvalue weighted by Crippen LogP contribution is 2.11. The number of guanidine groups is 1. The topological polar surface area (TPSA) is 387 Å². The van der Waals surface area contributed by atoms with Crippen LogP contribution in [0, 0.1) is 5.92 Å². The molecule has 23 heteroatoms. The van der Waals surface area contributed by atoms with Gasteiger partial charge in [0.2, 0.25) is 41.4 Å². The predicted molar refractivity (Wildman–Crippen MR) is 229 cm³/mol. The van der Waals surface area contributed by atoms with E-state index in [1.807, 2.05) is 0 Å². The number of carboxylic acid groups (broad SMARTS) is 1. The van der Waals surface area contributed by atoms with Crippen molar-refractivity contribution >= 4 is 64.9 Å². The van der Waals surface area contributed by atoms with Crippen LogP contribution < -0.4 is 65.5 Å². The van der Waals surface area contributed by atoms with Gasteiger partial charge in [0.05, 0.1) is 6.54 Å². The summed E-state index contributed by atoms with van der Waals surface area (Å²) in [6.45, 7) is 8.88.